The molecule has 0 radical (unpaired) electrons. The van der Waals surface area contributed by atoms with Gasteiger partial charge in [-0.1, -0.05) is 91.0 Å². The van der Waals surface area contributed by atoms with Crippen LogP contribution < -0.4 is 0 Å². The van der Waals surface area contributed by atoms with Crippen molar-refractivity contribution < 1.29 is 9.47 Å². The highest BCUT2D eigenvalue weighted by Gasteiger charge is 2.41. The standard InChI is InChI=1S/C26H29NO2/c1-20-21(2)29-26(28-19-23-14-8-4-9-15-23)25(24-16-10-5-11-17-24)27(20)18-22-12-6-3-7-13-22/h3-17,20-21,25-26H,18-19H2,1-2H3/t20?,21?,25-,26?/m0/s1. The topological polar surface area (TPSA) is 21.7 Å². The van der Waals surface area contributed by atoms with E-state index in [0.29, 0.717) is 6.61 Å². The first kappa shape index (κ1) is 19.8. The van der Waals surface area contributed by atoms with E-state index in [2.05, 4.69) is 91.5 Å². The highest BCUT2D eigenvalue weighted by Crippen LogP contribution is 2.37. The molecule has 4 atom stereocenters. The molecule has 1 aliphatic rings. The summed E-state index contributed by atoms with van der Waals surface area (Å²) in [6.45, 7) is 5.79. The van der Waals surface area contributed by atoms with Crippen LogP contribution in [-0.2, 0) is 22.6 Å². The fraction of sp³-hybridized carbons (Fsp3) is 0.308. The molecule has 0 bridgehead atoms. The van der Waals surface area contributed by atoms with E-state index in [1.165, 1.54) is 11.1 Å². The summed E-state index contributed by atoms with van der Waals surface area (Å²) in [5.41, 5.74) is 3.68. The molecule has 3 heteroatoms. The molecule has 0 spiro atoms. The van der Waals surface area contributed by atoms with Gasteiger partial charge in [0.05, 0.1) is 18.8 Å². The molecule has 3 aromatic carbocycles. The lowest BCUT2D eigenvalue weighted by atomic mass is 9.97. The highest BCUT2D eigenvalue weighted by molar-refractivity contribution is 5.23. The van der Waals surface area contributed by atoms with Gasteiger partial charge in [0.15, 0.2) is 6.29 Å². The van der Waals surface area contributed by atoms with Crippen LogP contribution in [0.3, 0.4) is 0 Å². The molecule has 1 heterocycles. The molecular weight excluding hydrogens is 358 g/mol. The van der Waals surface area contributed by atoms with E-state index in [9.17, 15) is 0 Å². The molecule has 0 aliphatic carbocycles. The maximum Gasteiger partial charge on any atom is 0.177 e. The molecule has 4 rings (SSSR count). The summed E-state index contributed by atoms with van der Waals surface area (Å²) in [5, 5.41) is 0. The van der Waals surface area contributed by atoms with Crippen molar-refractivity contribution >= 4 is 0 Å². The van der Waals surface area contributed by atoms with Crippen molar-refractivity contribution in [3.8, 4) is 0 Å². The highest BCUT2D eigenvalue weighted by atomic mass is 16.7. The fourth-order valence-electron chi connectivity index (χ4n) is 4.00. The Kier molecular flexibility index (Phi) is 6.40. The maximum absolute atomic E-state index is 6.39. The van der Waals surface area contributed by atoms with Gasteiger partial charge < -0.3 is 9.47 Å². The summed E-state index contributed by atoms with van der Waals surface area (Å²) in [6, 6.07) is 31.8. The third-order valence-corrected chi connectivity index (χ3v) is 5.77. The number of rotatable bonds is 6. The minimum Gasteiger partial charge on any atom is -0.346 e. The Bertz CT molecular complexity index is 869. The largest absolute Gasteiger partial charge is 0.346 e. The van der Waals surface area contributed by atoms with Gasteiger partial charge in [-0.15, -0.1) is 0 Å². The van der Waals surface area contributed by atoms with Crippen LogP contribution in [0.15, 0.2) is 91.0 Å². The lowest BCUT2D eigenvalue weighted by Crippen LogP contribution is -2.54. The normalized spacial score (nSPS) is 25.0. The second-order valence-electron chi connectivity index (χ2n) is 7.76. The first-order valence-corrected chi connectivity index (χ1v) is 10.4. The Hall–Kier alpha value is -2.46. The van der Waals surface area contributed by atoms with Gasteiger partial charge in [0, 0.05) is 12.6 Å². The zero-order valence-corrected chi connectivity index (χ0v) is 17.1. The average Bonchev–Trinajstić information content (AvgIpc) is 2.77. The summed E-state index contributed by atoms with van der Waals surface area (Å²) in [4.78, 5) is 2.52. The van der Waals surface area contributed by atoms with Gasteiger partial charge in [-0.2, -0.15) is 0 Å². The van der Waals surface area contributed by atoms with Gasteiger partial charge in [-0.25, -0.2) is 0 Å². The Balaban J connectivity index is 1.63. The average molecular weight is 388 g/mol. The van der Waals surface area contributed by atoms with Crippen molar-refractivity contribution in [3.63, 3.8) is 0 Å². The van der Waals surface area contributed by atoms with Crippen molar-refractivity contribution in [1.82, 2.24) is 4.90 Å². The quantitative estimate of drug-likeness (QED) is 0.551. The van der Waals surface area contributed by atoms with E-state index < -0.39 is 0 Å². The molecular formula is C26H29NO2. The summed E-state index contributed by atoms with van der Waals surface area (Å²) in [5.74, 6) is 0. The number of hydrogen-bond acceptors (Lipinski definition) is 3. The summed E-state index contributed by atoms with van der Waals surface area (Å²) in [7, 11) is 0. The maximum atomic E-state index is 6.39. The molecule has 29 heavy (non-hydrogen) atoms. The predicted octanol–water partition coefficient (Wildman–Crippen LogP) is 5.58. The van der Waals surface area contributed by atoms with E-state index in [4.69, 9.17) is 9.47 Å². The van der Waals surface area contributed by atoms with Crippen LogP contribution in [0.5, 0.6) is 0 Å². The molecule has 150 valence electrons. The van der Waals surface area contributed by atoms with Gasteiger partial charge in [0.25, 0.3) is 0 Å². The molecule has 0 N–H and O–H groups in total. The number of morpholine rings is 1. The molecule has 0 amide bonds. The van der Waals surface area contributed by atoms with Crippen LogP contribution in [0, 0.1) is 0 Å². The van der Waals surface area contributed by atoms with Crippen LogP contribution in [0.2, 0.25) is 0 Å². The number of nitrogens with zero attached hydrogens (tertiary/aromatic N) is 1. The molecule has 1 saturated heterocycles. The smallest absolute Gasteiger partial charge is 0.177 e. The molecule has 1 aliphatic heterocycles. The minimum absolute atomic E-state index is 0.0336. The van der Waals surface area contributed by atoms with Crippen molar-refractivity contribution in [3.05, 3.63) is 108 Å². The van der Waals surface area contributed by atoms with Crippen molar-refractivity contribution in [2.75, 3.05) is 0 Å². The van der Waals surface area contributed by atoms with Crippen LogP contribution in [0.25, 0.3) is 0 Å². The monoisotopic (exact) mass is 387 g/mol. The van der Waals surface area contributed by atoms with Crippen LogP contribution in [0.1, 0.15) is 36.6 Å². The zero-order valence-electron chi connectivity index (χ0n) is 17.1. The Morgan fingerprint density at radius 2 is 1.31 bits per heavy atom. The van der Waals surface area contributed by atoms with Gasteiger partial charge >= 0.3 is 0 Å². The first-order chi connectivity index (χ1) is 14.2. The Labute approximate surface area is 173 Å². The van der Waals surface area contributed by atoms with E-state index in [1.807, 2.05) is 18.2 Å². The van der Waals surface area contributed by atoms with E-state index in [0.717, 1.165) is 12.1 Å². The second kappa shape index (κ2) is 9.36. The Morgan fingerprint density at radius 3 is 1.93 bits per heavy atom. The van der Waals surface area contributed by atoms with Gasteiger partial charge in [-0.3, -0.25) is 4.90 Å². The summed E-state index contributed by atoms with van der Waals surface area (Å²) in [6.07, 6.45) is -0.244. The number of benzene rings is 3. The Morgan fingerprint density at radius 1 is 0.759 bits per heavy atom. The number of ether oxygens (including phenoxy) is 2. The van der Waals surface area contributed by atoms with Crippen molar-refractivity contribution in [1.29, 1.82) is 0 Å². The first-order valence-electron chi connectivity index (χ1n) is 10.4. The zero-order chi connectivity index (χ0) is 20.1. The third-order valence-electron chi connectivity index (χ3n) is 5.77. The summed E-state index contributed by atoms with van der Waals surface area (Å²) < 4.78 is 12.8. The molecule has 3 aromatic rings. The molecule has 3 unspecified atom stereocenters. The molecule has 0 saturated carbocycles. The predicted molar refractivity (Wildman–Crippen MR) is 116 cm³/mol. The van der Waals surface area contributed by atoms with E-state index >= 15 is 0 Å². The van der Waals surface area contributed by atoms with Gasteiger partial charge in [0.1, 0.15) is 0 Å². The fourth-order valence-corrected chi connectivity index (χ4v) is 4.00. The number of hydrogen-bond donors (Lipinski definition) is 0. The van der Waals surface area contributed by atoms with Crippen LogP contribution >= 0.6 is 0 Å². The van der Waals surface area contributed by atoms with Crippen molar-refractivity contribution in [2.24, 2.45) is 0 Å². The van der Waals surface area contributed by atoms with E-state index in [-0.39, 0.29) is 24.5 Å². The molecule has 3 nitrogen and oxygen atoms in total. The van der Waals surface area contributed by atoms with Gasteiger partial charge in [0.2, 0.25) is 0 Å². The van der Waals surface area contributed by atoms with E-state index in [1.54, 1.807) is 0 Å². The van der Waals surface area contributed by atoms with Crippen LogP contribution in [-0.4, -0.2) is 23.3 Å². The summed E-state index contributed by atoms with van der Waals surface area (Å²) >= 11 is 0. The lowest BCUT2D eigenvalue weighted by molar-refractivity contribution is -0.257. The second-order valence-corrected chi connectivity index (χ2v) is 7.76. The van der Waals surface area contributed by atoms with Gasteiger partial charge in [-0.05, 0) is 30.5 Å². The lowest BCUT2D eigenvalue weighted by Gasteiger charge is -2.48. The third kappa shape index (κ3) is 4.76. The molecule has 1 fully saturated rings. The minimum atomic E-state index is -0.326. The van der Waals surface area contributed by atoms with Crippen molar-refractivity contribution in [2.45, 2.75) is 51.5 Å². The SMILES string of the molecule is CC1OC(OCc2ccccc2)[C@H](c2ccccc2)N(Cc2ccccc2)C1C. The van der Waals surface area contributed by atoms with Crippen LogP contribution in [0.4, 0.5) is 0 Å². The molecule has 0 aromatic heterocycles.